The summed E-state index contributed by atoms with van der Waals surface area (Å²) in [5.41, 5.74) is 6.10. The first kappa shape index (κ1) is 15.7. The van der Waals surface area contributed by atoms with Crippen molar-refractivity contribution in [3.05, 3.63) is 54.1 Å². The molecule has 0 amide bonds. The highest BCUT2D eigenvalue weighted by Gasteiger charge is 2.12. The van der Waals surface area contributed by atoms with Gasteiger partial charge in [-0.3, -0.25) is 5.41 Å². The van der Waals surface area contributed by atoms with Gasteiger partial charge in [-0.2, -0.15) is 0 Å². The van der Waals surface area contributed by atoms with E-state index in [4.69, 9.17) is 25.4 Å². The van der Waals surface area contributed by atoms with E-state index >= 15 is 0 Å². The van der Waals surface area contributed by atoms with Crippen LogP contribution in [-0.2, 0) is 0 Å². The van der Waals surface area contributed by atoms with Gasteiger partial charge < -0.3 is 19.9 Å². The van der Waals surface area contributed by atoms with E-state index in [1.807, 2.05) is 30.3 Å². The third-order valence-electron chi connectivity index (χ3n) is 3.04. The molecule has 0 atom stereocenters. The van der Waals surface area contributed by atoms with Crippen LogP contribution in [0.15, 0.2) is 48.5 Å². The van der Waals surface area contributed by atoms with Crippen LogP contribution in [0.2, 0.25) is 0 Å². The molecule has 0 heterocycles. The van der Waals surface area contributed by atoms with Gasteiger partial charge in [0.25, 0.3) is 0 Å². The number of hydrogen-bond donors (Lipinski definition) is 2. The smallest absolute Gasteiger partial charge is 0.172 e. The summed E-state index contributed by atoms with van der Waals surface area (Å²) >= 11 is 0. The molecule has 0 saturated carbocycles. The maximum absolute atomic E-state index is 7.59. The number of rotatable bonds is 8. The summed E-state index contributed by atoms with van der Waals surface area (Å²) < 4.78 is 16.6. The van der Waals surface area contributed by atoms with E-state index in [1.165, 1.54) is 0 Å². The first-order valence-corrected chi connectivity index (χ1v) is 7.04. The van der Waals surface area contributed by atoms with Gasteiger partial charge >= 0.3 is 0 Å². The van der Waals surface area contributed by atoms with E-state index in [-0.39, 0.29) is 5.84 Å². The third kappa shape index (κ3) is 4.15. The van der Waals surface area contributed by atoms with E-state index in [9.17, 15) is 0 Å². The summed E-state index contributed by atoms with van der Waals surface area (Å²) in [7, 11) is 1.56. The van der Waals surface area contributed by atoms with Crippen molar-refractivity contribution in [2.24, 2.45) is 5.73 Å². The summed E-state index contributed by atoms with van der Waals surface area (Å²) in [6, 6.07) is 14.9. The minimum absolute atomic E-state index is 0.0468. The van der Waals surface area contributed by atoms with Gasteiger partial charge in [-0.05, 0) is 24.3 Å². The molecule has 0 bridgehead atoms. The SMILES string of the molecule is COc1cccc(C(=N)N)c1OCCCOc1ccccc1. The molecule has 5 heteroatoms. The number of para-hydroxylation sites is 2. The number of hydrogen-bond acceptors (Lipinski definition) is 4. The molecule has 0 aliphatic rings. The maximum atomic E-state index is 7.59. The second-order valence-electron chi connectivity index (χ2n) is 4.61. The summed E-state index contributed by atoms with van der Waals surface area (Å²) in [6.07, 6.45) is 0.713. The number of amidine groups is 1. The van der Waals surface area contributed by atoms with Crippen molar-refractivity contribution in [2.45, 2.75) is 6.42 Å². The molecule has 0 aliphatic carbocycles. The number of nitrogens with one attached hydrogen (secondary N) is 1. The molecule has 0 aromatic heterocycles. The van der Waals surface area contributed by atoms with Gasteiger partial charge in [0.2, 0.25) is 0 Å². The van der Waals surface area contributed by atoms with Crippen molar-refractivity contribution in [2.75, 3.05) is 20.3 Å². The maximum Gasteiger partial charge on any atom is 0.172 e. The summed E-state index contributed by atoms with van der Waals surface area (Å²) in [4.78, 5) is 0. The Morgan fingerprint density at radius 3 is 2.41 bits per heavy atom. The monoisotopic (exact) mass is 300 g/mol. The van der Waals surface area contributed by atoms with Crippen LogP contribution in [0.4, 0.5) is 0 Å². The van der Waals surface area contributed by atoms with Crippen molar-refractivity contribution in [1.29, 1.82) is 5.41 Å². The topological polar surface area (TPSA) is 77.6 Å². The van der Waals surface area contributed by atoms with E-state index in [2.05, 4.69) is 0 Å². The molecular weight excluding hydrogens is 280 g/mol. The average molecular weight is 300 g/mol. The molecule has 5 nitrogen and oxygen atoms in total. The Hall–Kier alpha value is -2.69. The predicted octanol–water partition coefficient (Wildman–Crippen LogP) is 2.83. The van der Waals surface area contributed by atoms with Gasteiger partial charge in [-0.1, -0.05) is 24.3 Å². The summed E-state index contributed by atoms with van der Waals surface area (Å²) in [6.45, 7) is 1.00. The average Bonchev–Trinajstić information content (AvgIpc) is 2.55. The Kier molecular flexibility index (Phi) is 5.65. The van der Waals surface area contributed by atoms with Crippen LogP contribution in [0.3, 0.4) is 0 Å². The normalized spacial score (nSPS) is 10.0. The molecule has 2 aromatic carbocycles. The standard InChI is InChI=1S/C17H20N2O3/c1-20-15-10-5-9-14(17(18)19)16(15)22-12-6-11-21-13-7-3-2-4-8-13/h2-5,7-10H,6,11-12H2,1H3,(H3,18,19). The van der Waals surface area contributed by atoms with Crippen molar-refractivity contribution in [3.8, 4) is 17.2 Å². The van der Waals surface area contributed by atoms with E-state index in [0.29, 0.717) is 36.7 Å². The van der Waals surface area contributed by atoms with Crippen LogP contribution >= 0.6 is 0 Å². The van der Waals surface area contributed by atoms with Crippen LogP contribution in [0.5, 0.6) is 17.2 Å². The highest BCUT2D eigenvalue weighted by atomic mass is 16.5. The fraction of sp³-hybridized carbons (Fsp3) is 0.235. The molecule has 0 fully saturated rings. The molecule has 0 spiro atoms. The second-order valence-corrected chi connectivity index (χ2v) is 4.61. The molecule has 22 heavy (non-hydrogen) atoms. The van der Waals surface area contributed by atoms with E-state index < -0.39 is 0 Å². The largest absolute Gasteiger partial charge is 0.493 e. The van der Waals surface area contributed by atoms with Crippen molar-refractivity contribution in [1.82, 2.24) is 0 Å². The van der Waals surface area contributed by atoms with Crippen molar-refractivity contribution in [3.63, 3.8) is 0 Å². The highest BCUT2D eigenvalue weighted by Crippen LogP contribution is 2.30. The Bertz CT molecular complexity index is 615. The van der Waals surface area contributed by atoms with Gasteiger partial charge in [0, 0.05) is 6.42 Å². The fourth-order valence-corrected chi connectivity index (χ4v) is 1.98. The van der Waals surface area contributed by atoms with Gasteiger partial charge in [-0.15, -0.1) is 0 Å². The lowest BCUT2D eigenvalue weighted by Crippen LogP contribution is -2.14. The van der Waals surface area contributed by atoms with Crippen molar-refractivity contribution >= 4 is 5.84 Å². The lowest BCUT2D eigenvalue weighted by molar-refractivity contribution is 0.240. The molecular formula is C17H20N2O3. The van der Waals surface area contributed by atoms with Crippen LogP contribution in [0.1, 0.15) is 12.0 Å². The minimum Gasteiger partial charge on any atom is -0.493 e. The first-order chi connectivity index (χ1) is 10.7. The van der Waals surface area contributed by atoms with Gasteiger partial charge in [0.05, 0.1) is 25.9 Å². The molecule has 2 aromatic rings. The van der Waals surface area contributed by atoms with Crippen LogP contribution in [0.25, 0.3) is 0 Å². The molecule has 0 unspecified atom stereocenters. The zero-order chi connectivity index (χ0) is 15.8. The summed E-state index contributed by atoms with van der Waals surface area (Å²) in [5, 5.41) is 7.59. The van der Waals surface area contributed by atoms with Crippen LogP contribution in [0, 0.1) is 5.41 Å². The molecule has 3 N–H and O–H groups in total. The number of methoxy groups -OCH3 is 1. The van der Waals surface area contributed by atoms with Crippen LogP contribution in [-0.4, -0.2) is 26.2 Å². The molecule has 0 aliphatic heterocycles. The Labute approximate surface area is 130 Å². The fourth-order valence-electron chi connectivity index (χ4n) is 1.98. The lowest BCUT2D eigenvalue weighted by Gasteiger charge is -2.14. The Morgan fingerprint density at radius 1 is 1.00 bits per heavy atom. The number of nitrogen functional groups attached to an aromatic ring is 1. The Balaban J connectivity index is 1.87. The molecule has 116 valence electrons. The quantitative estimate of drug-likeness (QED) is 0.446. The summed E-state index contributed by atoms with van der Waals surface area (Å²) in [5.74, 6) is 1.85. The van der Waals surface area contributed by atoms with Crippen LogP contribution < -0.4 is 19.9 Å². The zero-order valence-electron chi connectivity index (χ0n) is 12.5. The number of benzene rings is 2. The zero-order valence-corrected chi connectivity index (χ0v) is 12.5. The van der Waals surface area contributed by atoms with Gasteiger partial charge in [0.1, 0.15) is 11.6 Å². The molecule has 2 rings (SSSR count). The second kappa shape index (κ2) is 7.93. The predicted molar refractivity (Wildman–Crippen MR) is 86.1 cm³/mol. The first-order valence-electron chi connectivity index (χ1n) is 7.04. The Morgan fingerprint density at radius 2 is 1.73 bits per heavy atom. The third-order valence-corrected chi connectivity index (χ3v) is 3.04. The molecule has 0 saturated heterocycles. The highest BCUT2D eigenvalue weighted by molar-refractivity contribution is 5.98. The van der Waals surface area contributed by atoms with E-state index in [0.717, 1.165) is 5.75 Å². The minimum atomic E-state index is -0.0468. The van der Waals surface area contributed by atoms with Crippen molar-refractivity contribution < 1.29 is 14.2 Å². The van der Waals surface area contributed by atoms with Gasteiger partial charge in [0.15, 0.2) is 11.5 Å². The number of ether oxygens (including phenoxy) is 3. The lowest BCUT2D eigenvalue weighted by atomic mass is 10.1. The van der Waals surface area contributed by atoms with E-state index in [1.54, 1.807) is 25.3 Å². The molecule has 0 radical (unpaired) electrons. The number of nitrogens with two attached hydrogens (primary N) is 1. The van der Waals surface area contributed by atoms with Gasteiger partial charge in [-0.25, -0.2) is 0 Å².